The highest BCUT2D eigenvalue weighted by atomic mass is 79.9. The van der Waals surface area contributed by atoms with Crippen molar-refractivity contribution in [2.75, 3.05) is 11.3 Å². The van der Waals surface area contributed by atoms with Crippen LogP contribution in [0.25, 0.3) is 22.3 Å². The van der Waals surface area contributed by atoms with Crippen molar-refractivity contribution in [2.24, 2.45) is 0 Å². The van der Waals surface area contributed by atoms with Gasteiger partial charge in [0.25, 0.3) is 11.5 Å². The molecule has 2 aromatic heterocycles. The SMILES string of the molecule is CCNC(=O)c1c(Cl)c(=O)nc(CC)n1Cc1ccc2oc(-c3ccccc3NS(=O)(=O)C(F)(F)F)c(Br)c2c1. The number of nitrogens with zero attached hydrogens (tertiary/aromatic N) is 2. The molecular weight excluding hydrogens is 641 g/mol. The summed E-state index contributed by atoms with van der Waals surface area (Å²) < 4.78 is 71.9. The van der Waals surface area contributed by atoms with Crippen LogP contribution < -0.4 is 15.6 Å². The van der Waals surface area contributed by atoms with Gasteiger partial charge in [-0.15, -0.1) is 0 Å². The lowest BCUT2D eigenvalue weighted by molar-refractivity contribution is -0.0429. The van der Waals surface area contributed by atoms with Gasteiger partial charge in [0, 0.05) is 30.5 Å². The van der Waals surface area contributed by atoms with E-state index in [-0.39, 0.29) is 34.3 Å². The predicted molar refractivity (Wildman–Crippen MR) is 148 cm³/mol. The van der Waals surface area contributed by atoms with Gasteiger partial charge in [-0.2, -0.15) is 26.6 Å². The van der Waals surface area contributed by atoms with Crippen LogP contribution in [0.2, 0.25) is 5.02 Å². The molecule has 0 bridgehead atoms. The molecule has 0 atom stereocenters. The number of carbonyl (C=O) groups excluding carboxylic acids is 1. The molecule has 0 aliphatic heterocycles. The van der Waals surface area contributed by atoms with E-state index in [1.165, 1.54) is 24.3 Å². The van der Waals surface area contributed by atoms with Crippen LogP contribution >= 0.6 is 27.5 Å². The average molecular weight is 662 g/mol. The summed E-state index contributed by atoms with van der Waals surface area (Å²) in [5.41, 5.74) is -5.49. The molecule has 0 aliphatic rings. The normalized spacial score (nSPS) is 12.1. The summed E-state index contributed by atoms with van der Waals surface area (Å²) in [5.74, 6) is -0.0981. The molecule has 9 nitrogen and oxygen atoms in total. The highest BCUT2D eigenvalue weighted by Crippen LogP contribution is 2.42. The van der Waals surface area contributed by atoms with Gasteiger partial charge < -0.3 is 14.3 Å². The maximum absolute atomic E-state index is 13.0. The first-order chi connectivity index (χ1) is 18.8. The van der Waals surface area contributed by atoms with Gasteiger partial charge in [0.2, 0.25) is 0 Å². The lowest BCUT2D eigenvalue weighted by Gasteiger charge is -2.18. The number of aromatic nitrogens is 2. The maximum atomic E-state index is 13.0. The number of halogens is 5. The Morgan fingerprint density at radius 3 is 2.52 bits per heavy atom. The van der Waals surface area contributed by atoms with Gasteiger partial charge in [0.05, 0.1) is 10.2 Å². The van der Waals surface area contributed by atoms with E-state index in [1.807, 2.05) is 0 Å². The highest BCUT2D eigenvalue weighted by molar-refractivity contribution is 9.10. The van der Waals surface area contributed by atoms with Crippen molar-refractivity contribution >= 4 is 60.1 Å². The van der Waals surface area contributed by atoms with Crippen LogP contribution in [0.15, 0.2) is 56.1 Å². The van der Waals surface area contributed by atoms with Crippen molar-refractivity contribution in [1.82, 2.24) is 14.9 Å². The molecule has 2 N–H and O–H groups in total. The van der Waals surface area contributed by atoms with E-state index in [0.717, 1.165) is 0 Å². The summed E-state index contributed by atoms with van der Waals surface area (Å²) in [6.45, 7) is 3.92. The zero-order chi connectivity index (χ0) is 29.4. The summed E-state index contributed by atoms with van der Waals surface area (Å²) in [4.78, 5) is 29.1. The standard InChI is InChI=1S/C25H21BrClF3N4O5S/c1-3-18-32-23(35)20(27)21(24(36)31-4-2)34(18)12-13-9-10-17-15(11-13)19(26)22(39-17)14-7-5-6-8-16(14)33-40(37,38)25(28,29)30/h5-11,33H,3-4,12H2,1-2H3,(H,31,36). The van der Waals surface area contributed by atoms with Gasteiger partial charge in [-0.05, 0) is 52.7 Å². The van der Waals surface area contributed by atoms with E-state index in [1.54, 1.807) is 41.3 Å². The Labute approximate surface area is 239 Å². The first-order valence-electron chi connectivity index (χ1n) is 11.8. The van der Waals surface area contributed by atoms with Gasteiger partial charge >= 0.3 is 15.5 Å². The number of amides is 1. The second kappa shape index (κ2) is 11.3. The van der Waals surface area contributed by atoms with Crippen LogP contribution in [0.5, 0.6) is 0 Å². The third-order valence-corrected chi connectivity index (χ3v) is 8.06. The van der Waals surface area contributed by atoms with E-state index >= 15 is 0 Å². The quantitative estimate of drug-likeness (QED) is 0.250. The first-order valence-corrected chi connectivity index (χ1v) is 14.4. The number of benzene rings is 2. The molecule has 0 fully saturated rings. The molecule has 212 valence electrons. The molecule has 0 unspecified atom stereocenters. The van der Waals surface area contributed by atoms with Crippen molar-refractivity contribution in [3.8, 4) is 11.3 Å². The lowest BCUT2D eigenvalue weighted by Crippen LogP contribution is -2.32. The van der Waals surface area contributed by atoms with Crippen molar-refractivity contribution in [2.45, 2.75) is 32.3 Å². The Morgan fingerprint density at radius 1 is 1.18 bits per heavy atom. The van der Waals surface area contributed by atoms with Gasteiger partial charge in [-0.1, -0.05) is 36.7 Å². The molecule has 2 heterocycles. The summed E-state index contributed by atoms with van der Waals surface area (Å²) in [5, 5.41) is 2.86. The van der Waals surface area contributed by atoms with Crippen LogP contribution in [0.3, 0.4) is 0 Å². The minimum atomic E-state index is -5.68. The Balaban J connectivity index is 1.80. The molecular formula is C25H21BrClF3N4O5S. The van der Waals surface area contributed by atoms with Crippen molar-refractivity contribution in [1.29, 1.82) is 0 Å². The molecule has 40 heavy (non-hydrogen) atoms. The number of anilines is 1. The Kier molecular flexibility index (Phi) is 8.33. The second-order valence-corrected chi connectivity index (χ2v) is 11.3. The minimum Gasteiger partial charge on any atom is -0.455 e. The smallest absolute Gasteiger partial charge is 0.455 e. The van der Waals surface area contributed by atoms with E-state index in [9.17, 15) is 31.2 Å². The second-order valence-electron chi connectivity index (χ2n) is 8.47. The number of nitrogens with one attached hydrogen (secondary N) is 2. The van der Waals surface area contributed by atoms with E-state index in [0.29, 0.717) is 39.8 Å². The number of hydrogen-bond donors (Lipinski definition) is 2. The number of para-hydroxylation sites is 1. The molecule has 15 heteroatoms. The van der Waals surface area contributed by atoms with Gasteiger partial charge in [0.15, 0.2) is 5.76 Å². The van der Waals surface area contributed by atoms with E-state index in [4.69, 9.17) is 16.0 Å². The minimum absolute atomic E-state index is 0.0294. The number of aryl methyl sites for hydroxylation is 1. The molecule has 0 saturated carbocycles. The number of furan rings is 1. The predicted octanol–water partition coefficient (Wildman–Crippen LogP) is 5.69. The summed E-state index contributed by atoms with van der Waals surface area (Å²) in [6.07, 6.45) is 0.339. The number of hydrogen-bond acceptors (Lipinski definition) is 6. The van der Waals surface area contributed by atoms with Crippen molar-refractivity contribution in [3.05, 3.63) is 79.4 Å². The molecule has 4 aromatic rings. The van der Waals surface area contributed by atoms with Crippen LogP contribution in [0.1, 0.15) is 35.7 Å². The van der Waals surface area contributed by atoms with E-state index < -0.39 is 27.0 Å². The van der Waals surface area contributed by atoms with Crippen LogP contribution in [0, 0.1) is 0 Å². The Morgan fingerprint density at radius 2 is 1.88 bits per heavy atom. The zero-order valence-electron chi connectivity index (χ0n) is 20.9. The Bertz CT molecular complexity index is 1790. The maximum Gasteiger partial charge on any atom is 0.516 e. The topological polar surface area (TPSA) is 123 Å². The molecule has 0 saturated heterocycles. The molecule has 0 aliphatic carbocycles. The summed E-state index contributed by atoms with van der Waals surface area (Å²) >= 11 is 9.64. The molecule has 0 spiro atoms. The zero-order valence-corrected chi connectivity index (χ0v) is 24.1. The number of carbonyl (C=O) groups is 1. The number of alkyl halides is 3. The largest absolute Gasteiger partial charge is 0.516 e. The lowest BCUT2D eigenvalue weighted by atomic mass is 10.1. The molecule has 1 amide bonds. The fourth-order valence-corrected chi connectivity index (χ4v) is 5.44. The van der Waals surface area contributed by atoms with Crippen LogP contribution in [0.4, 0.5) is 18.9 Å². The highest BCUT2D eigenvalue weighted by Gasteiger charge is 2.46. The number of fused-ring (bicyclic) bond motifs is 1. The first kappa shape index (κ1) is 29.6. The third kappa shape index (κ3) is 5.60. The fraction of sp³-hybridized carbons (Fsp3) is 0.240. The summed E-state index contributed by atoms with van der Waals surface area (Å²) in [7, 11) is -5.68. The third-order valence-electron chi connectivity index (χ3n) is 5.83. The molecule has 2 aromatic carbocycles. The number of sulfonamides is 1. The van der Waals surface area contributed by atoms with Gasteiger partial charge in [0.1, 0.15) is 22.1 Å². The van der Waals surface area contributed by atoms with Gasteiger partial charge in [-0.25, -0.2) is 0 Å². The number of rotatable bonds is 8. The van der Waals surface area contributed by atoms with Gasteiger partial charge in [-0.3, -0.25) is 14.3 Å². The average Bonchev–Trinajstić information content (AvgIpc) is 3.21. The Hall–Kier alpha value is -3.36. The monoisotopic (exact) mass is 660 g/mol. The van der Waals surface area contributed by atoms with Crippen LogP contribution in [-0.4, -0.2) is 35.9 Å². The molecule has 4 rings (SSSR count). The molecule has 0 radical (unpaired) electrons. The fourth-order valence-electron chi connectivity index (χ4n) is 4.02. The summed E-state index contributed by atoms with van der Waals surface area (Å²) in [6, 6.07) is 10.6. The van der Waals surface area contributed by atoms with Crippen molar-refractivity contribution in [3.63, 3.8) is 0 Å². The van der Waals surface area contributed by atoms with Crippen LogP contribution in [-0.2, 0) is 23.0 Å². The van der Waals surface area contributed by atoms with E-state index in [2.05, 4.69) is 26.2 Å². The van der Waals surface area contributed by atoms with Crippen molar-refractivity contribution < 1.29 is 30.8 Å².